The maximum atomic E-state index is 3.78. The molecule has 0 radical (unpaired) electrons. The molecule has 0 spiro atoms. The molecule has 0 amide bonds. The van der Waals surface area contributed by atoms with Crippen molar-refractivity contribution in [3.63, 3.8) is 0 Å². The lowest BCUT2D eigenvalue weighted by Gasteiger charge is -2.40. The third-order valence-corrected chi connectivity index (χ3v) is 4.32. The molecule has 2 rings (SSSR count). The lowest BCUT2D eigenvalue weighted by Crippen LogP contribution is -2.55. The average Bonchev–Trinajstić information content (AvgIpc) is 2.86. The Hall–Kier alpha value is -0.0800. The highest BCUT2D eigenvalue weighted by Gasteiger charge is 2.43. The smallest absolute Gasteiger partial charge is 0.0335 e. The van der Waals surface area contributed by atoms with E-state index < -0.39 is 0 Å². The van der Waals surface area contributed by atoms with Crippen LogP contribution in [0.2, 0.25) is 0 Å². The van der Waals surface area contributed by atoms with Gasteiger partial charge in [-0.05, 0) is 51.7 Å². The Morgan fingerprint density at radius 1 is 1.36 bits per heavy atom. The van der Waals surface area contributed by atoms with Gasteiger partial charge < -0.3 is 5.32 Å². The van der Waals surface area contributed by atoms with E-state index >= 15 is 0 Å². The van der Waals surface area contributed by atoms with Gasteiger partial charge in [-0.25, -0.2) is 0 Å². The van der Waals surface area contributed by atoms with Crippen molar-refractivity contribution in [2.24, 2.45) is 0 Å². The Kier molecular flexibility index (Phi) is 3.13. The topological polar surface area (TPSA) is 15.3 Å². The van der Waals surface area contributed by atoms with Crippen molar-refractivity contribution in [2.45, 2.75) is 57.5 Å². The van der Waals surface area contributed by atoms with Crippen LogP contribution in [0.15, 0.2) is 0 Å². The largest absolute Gasteiger partial charge is 0.310 e. The van der Waals surface area contributed by atoms with E-state index in [1.807, 2.05) is 0 Å². The summed E-state index contributed by atoms with van der Waals surface area (Å²) in [4.78, 5) is 2.68. The van der Waals surface area contributed by atoms with Gasteiger partial charge in [0.15, 0.2) is 0 Å². The SMILES string of the molecule is CCN1CCCC1C1(CC)CCCN1. The molecular weight excluding hydrogens is 172 g/mol. The lowest BCUT2D eigenvalue weighted by atomic mass is 9.84. The summed E-state index contributed by atoms with van der Waals surface area (Å²) in [6.07, 6.45) is 6.89. The molecule has 0 bridgehead atoms. The van der Waals surface area contributed by atoms with Crippen molar-refractivity contribution in [3.05, 3.63) is 0 Å². The standard InChI is InChI=1S/C12H24N2/c1-3-12(8-6-9-13-12)11-7-5-10-14(11)4-2/h11,13H,3-10H2,1-2H3. The predicted molar refractivity (Wildman–Crippen MR) is 60.5 cm³/mol. The monoisotopic (exact) mass is 196 g/mol. The lowest BCUT2D eigenvalue weighted by molar-refractivity contribution is 0.146. The van der Waals surface area contributed by atoms with Crippen LogP contribution < -0.4 is 5.32 Å². The number of rotatable bonds is 3. The van der Waals surface area contributed by atoms with Crippen LogP contribution in [0.25, 0.3) is 0 Å². The van der Waals surface area contributed by atoms with Gasteiger partial charge in [0.2, 0.25) is 0 Å². The molecule has 2 aliphatic rings. The summed E-state index contributed by atoms with van der Waals surface area (Å²) in [6.45, 7) is 8.45. The Bertz CT molecular complexity index is 185. The Morgan fingerprint density at radius 3 is 2.79 bits per heavy atom. The highest BCUT2D eigenvalue weighted by Crippen LogP contribution is 2.35. The molecule has 0 saturated carbocycles. The molecule has 2 saturated heterocycles. The third kappa shape index (κ3) is 1.59. The normalized spacial score (nSPS) is 39.4. The molecule has 2 nitrogen and oxygen atoms in total. The molecule has 0 aromatic carbocycles. The van der Waals surface area contributed by atoms with Crippen molar-refractivity contribution in [3.8, 4) is 0 Å². The highest BCUT2D eigenvalue weighted by atomic mass is 15.2. The van der Waals surface area contributed by atoms with Gasteiger partial charge in [-0.1, -0.05) is 13.8 Å². The number of hydrogen-bond acceptors (Lipinski definition) is 2. The van der Waals surface area contributed by atoms with Crippen LogP contribution in [-0.4, -0.2) is 36.1 Å². The first-order valence-corrected chi connectivity index (χ1v) is 6.31. The van der Waals surface area contributed by atoms with Gasteiger partial charge in [-0.15, -0.1) is 0 Å². The first-order valence-electron chi connectivity index (χ1n) is 6.31. The fourth-order valence-electron chi connectivity index (χ4n) is 3.48. The zero-order valence-electron chi connectivity index (χ0n) is 9.68. The molecule has 2 fully saturated rings. The summed E-state index contributed by atoms with van der Waals surface area (Å²) in [5.41, 5.74) is 0.465. The summed E-state index contributed by atoms with van der Waals surface area (Å²) in [6, 6.07) is 0.819. The van der Waals surface area contributed by atoms with E-state index in [0.717, 1.165) is 6.04 Å². The molecule has 2 heterocycles. The van der Waals surface area contributed by atoms with Gasteiger partial charge >= 0.3 is 0 Å². The number of hydrogen-bond donors (Lipinski definition) is 1. The molecular formula is C12H24N2. The van der Waals surface area contributed by atoms with Gasteiger partial charge in [0.25, 0.3) is 0 Å². The van der Waals surface area contributed by atoms with Crippen molar-refractivity contribution in [2.75, 3.05) is 19.6 Å². The van der Waals surface area contributed by atoms with Gasteiger partial charge in [0, 0.05) is 11.6 Å². The van der Waals surface area contributed by atoms with Gasteiger partial charge in [0.1, 0.15) is 0 Å². The molecule has 2 unspecified atom stereocenters. The quantitative estimate of drug-likeness (QED) is 0.743. The number of likely N-dealkylation sites (tertiary alicyclic amines) is 1. The third-order valence-electron chi connectivity index (χ3n) is 4.32. The summed E-state index contributed by atoms with van der Waals surface area (Å²) in [7, 11) is 0. The van der Waals surface area contributed by atoms with E-state index in [0.29, 0.717) is 5.54 Å². The second kappa shape index (κ2) is 4.19. The Morgan fingerprint density at radius 2 is 2.21 bits per heavy atom. The van der Waals surface area contributed by atoms with E-state index in [9.17, 15) is 0 Å². The predicted octanol–water partition coefficient (Wildman–Crippen LogP) is 2.00. The van der Waals surface area contributed by atoms with Crippen molar-refractivity contribution in [1.82, 2.24) is 10.2 Å². The van der Waals surface area contributed by atoms with E-state index in [-0.39, 0.29) is 0 Å². The van der Waals surface area contributed by atoms with Crippen LogP contribution >= 0.6 is 0 Å². The van der Waals surface area contributed by atoms with Crippen LogP contribution in [0.1, 0.15) is 46.0 Å². The number of likely N-dealkylation sites (N-methyl/N-ethyl adjacent to an activating group) is 1. The highest BCUT2D eigenvalue weighted by molar-refractivity contribution is 5.04. The molecule has 2 heteroatoms. The maximum Gasteiger partial charge on any atom is 0.0335 e. The molecule has 0 aliphatic carbocycles. The molecule has 2 atom stereocenters. The summed E-state index contributed by atoms with van der Waals surface area (Å²) in [5, 5.41) is 3.78. The first kappa shape index (κ1) is 10.4. The minimum Gasteiger partial charge on any atom is -0.310 e. The number of nitrogens with one attached hydrogen (secondary N) is 1. The summed E-state index contributed by atoms with van der Waals surface area (Å²) in [5.74, 6) is 0. The molecule has 0 aromatic heterocycles. The van der Waals surface area contributed by atoms with Crippen molar-refractivity contribution >= 4 is 0 Å². The average molecular weight is 196 g/mol. The Balaban J connectivity index is 2.10. The van der Waals surface area contributed by atoms with E-state index in [4.69, 9.17) is 0 Å². The van der Waals surface area contributed by atoms with E-state index in [2.05, 4.69) is 24.1 Å². The van der Waals surface area contributed by atoms with Crippen molar-refractivity contribution in [1.29, 1.82) is 0 Å². The first-order chi connectivity index (χ1) is 6.82. The molecule has 2 aliphatic heterocycles. The Labute approximate surface area is 88.1 Å². The zero-order valence-corrected chi connectivity index (χ0v) is 9.68. The summed E-state index contributed by atoms with van der Waals surface area (Å²) >= 11 is 0. The van der Waals surface area contributed by atoms with Crippen LogP contribution in [0, 0.1) is 0 Å². The second-order valence-electron chi connectivity index (χ2n) is 4.83. The molecule has 1 N–H and O–H groups in total. The summed E-state index contributed by atoms with van der Waals surface area (Å²) < 4.78 is 0. The molecule has 0 aromatic rings. The second-order valence-corrected chi connectivity index (χ2v) is 4.83. The van der Waals surface area contributed by atoms with Gasteiger partial charge in [-0.3, -0.25) is 4.90 Å². The van der Waals surface area contributed by atoms with Crippen LogP contribution in [0.4, 0.5) is 0 Å². The molecule has 82 valence electrons. The van der Waals surface area contributed by atoms with Crippen LogP contribution in [-0.2, 0) is 0 Å². The van der Waals surface area contributed by atoms with Crippen molar-refractivity contribution < 1.29 is 0 Å². The number of nitrogens with zero attached hydrogens (tertiary/aromatic N) is 1. The molecule has 14 heavy (non-hydrogen) atoms. The van der Waals surface area contributed by atoms with Gasteiger partial charge in [0.05, 0.1) is 0 Å². The van der Waals surface area contributed by atoms with E-state index in [1.54, 1.807) is 0 Å². The zero-order chi connectivity index (χ0) is 10.0. The van der Waals surface area contributed by atoms with E-state index in [1.165, 1.54) is 51.7 Å². The minimum atomic E-state index is 0.465. The van der Waals surface area contributed by atoms with Crippen LogP contribution in [0.3, 0.4) is 0 Å². The van der Waals surface area contributed by atoms with Crippen LogP contribution in [0.5, 0.6) is 0 Å². The fraction of sp³-hybridized carbons (Fsp3) is 1.00. The van der Waals surface area contributed by atoms with Gasteiger partial charge in [-0.2, -0.15) is 0 Å². The fourth-order valence-corrected chi connectivity index (χ4v) is 3.48. The maximum absolute atomic E-state index is 3.78. The minimum absolute atomic E-state index is 0.465.